The third-order valence-corrected chi connectivity index (χ3v) is 4.70. The van der Waals surface area contributed by atoms with Crippen molar-refractivity contribution in [3.63, 3.8) is 0 Å². The van der Waals surface area contributed by atoms with Crippen LogP contribution in [0.4, 0.5) is 11.4 Å². The molecule has 0 saturated heterocycles. The largest absolute Gasteiger partial charge is 0.350 e. The highest BCUT2D eigenvalue weighted by Crippen LogP contribution is 2.32. The standard InChI is InChI=1S/C19H16ClN3O4/c1-3-22-18(24)16(12-5-8-14(9-6-12)23(26)27)17(19(22)25)21-13-7-4-11(2)15(20)10-13/h4-10,21H,3H2,1-2H3. The van der Waals surface area contributed by atoms with E-state index in [1.807, 2.05) is 6.92 Å². The Morgan fingerprint density at radius 3 is 2.33 bits per heavy atom. The predicted octanol–water partition coefficient (Wildman–Crippen LogP) is 3.77. The molecule has 1 heterocycles. The van der Waals surface area contributed by atoms with Gasteiger partial charge in [0.15, 0.2) is 0 Å². The summed E-state index contributed by atoms with van der Waals surface area (Å²) in [5.41, 5.74) is 2.08. The van der Waals surface area contributed by atoms with E-state index in [-0.39, 0.29) is 23.5 Å². The van der Waals surface area contributed by atoms with Gasteiger partial charge in [0.25, 0.3) is 17.5 Å². The second-order valence-electron chi connectivity index (χ2n) is 6.00. The fourth-order valence-corrected chi connectivity index (χ4v) is 2.99. The Hall–Kier alpha value is -3.19. The van der Waals surface area contributed by atoms with Crippen LogP contribution in [0.3, 0.4) is 0 Å². The molecule has 0 spiro atoms. The molecule has 0 fully saturated rings. The molecule has 0 atom stereocenters. The van der Waals surface area contributed by atoms with E-state index >= 15 is 0 Å². The smallest absolute Gasteiger partial charge is 0.278 e. The number of nitro benzene ring substituents is 1. The lowest BCUT2D eigenvalue weighted by atomic mass is 10.0. The third kappa shape index (κ3) is 3.41. The molecule has 7 nitrogen and oxygen atoms in total. The van der Waals surface area contributed by atoms with Crippen molar-refractivity contribution < 1.29 is 14.5 Å². The molecule has 8 heteroatoms. The molecule has 1 aliphatic rings. The Balaban J connectivity index is 2.07. The Morgan fingerprint density at radius 2 is 1.78 bits per heavy atom. The van der Waals surface area contributed by atoms with Gasteiger partial charge in [-0.2, -0.15) is 0 Å². The summed E-state index contributed by atoms with van der Waals surface area (Å²) in [6, 6.07) is 10.8. The normalized spacial score (nSPS) is 14.1. The number of anilines is 1. The molecule has 27 heavy (non-hydrogen) atoms. The molecule has 0 aliphatic carbocycles. The van der Waals surface area contributed by atoms with Crippen LogP contribution in [-0.4, -0.2) is 28.2 Å². The van der Waals surface area contributed by atoms with Crippen molar-refractivity contribution in [3.05, 3.63) is 74.4 Å². The van der Waals surface area contributed by atoms with Crippen molar-refractivity contribution in [2.24, 2.45) is 0 Å². The zero-order chi connectivity index (χ0) is 19.7. The molecule has 0 bridgehead atoms. The van der Waals surface area contributed by atoms with Gasteiger partial charge in [0.2, 0.25) is 0 Å². The number of imide groups is 1. The predicted molar refractivity (Wildman–Crippen MR) is 102 cm³/mol. The number of nitrogens with one attached hydrogen (secondary N) is 1. The van der Waals surface area contributed by atoms with Crippen molar-refractivity contribution in [2.45, 2.75) is 13.8 Å². The SMILES string of the molecule is CCN1C(=O)C(Nc2ccc(C)c(Cl)c2)=C(c2ccc([N+](=O)[O-])cc2)C1=O. The minimum absolute atomic E-state index is 0.0942. The highest BCUT2D eigenvalue weighted by molar-refractivity contribution is 6.36. The lowest BCUT2D eigenvalue weighted by Crippen LogP contribution is -2.32. The summed E-state index contributed by atoms with van der Waals surface area (Å²) >= 11 is 6.14. The minimum atomic E-state index is -0.522. The number of hydrogen-bond acceptors (Lipinski definition) is 5. The Labute approximate surface area is 160 Å². The van der Waals surface area contributed by atoms with Gasteiger partial charge in [-0.3, -0.25) is 24.6 Å². The van der Waals surface area contributed by atoms with Crippen LogP contribution >= 0.6 is 11.6 Å². The first kappa shape index (κ1) is 18.6. The average molecular weight is 386 g/mol. The van der Waals surface area contributed by atoms with Crippen LogP contribution in [0.15, 0.2) is 48.2 Å². The first-order chi connectivity index (χ1) is 12.8. The van der Waals surface area contributed by atoms with E-state index in [0.717, 1.165) is 10.5 Å². The number of rotatable bonds is 5. The number of nitrogens with zero attached hydrogens (tertiary/aromatic N) is 2. The number of non-ortho nitro benzene ring substituents is 1. The van der Waals surface area contributed by atoms with Gasteiger partial charge in [-0.25, -0.2) is 0 Å². The fraction of sp³-hybridized carbons (Fsp3) is 0.158. The number of hydrogen-bond donors (Lipinski definition) is 1. The van der Waals surface area contributed by atoms with E-state index < -0.39 is 16.7 Å². The summed E-state index contributed by atoms with van der Waals surface area (Å²) < 4.78 is 0. The summed E-state index contributed by atoms with van der Waals surface area (Å²) in [5, 5.41) is 14.4. The third-order valence-electron chi connectivity index (χ3n) is 4.29. The second-order valence-corrected chi connectivity index (χ2v) is 6.40. The number of carbonyl (C=O) groups excluding carboxylic acids is 2. The van der Waals surface area contributed by atoms with E-state index in [9.17, 15) is 19.7 Å². The maximum atomic E-state index is 12.7. The number of aryl methyl sites for hydroxylation is 1. The summed E-state index contributed by atoms with van der Waals surface area (Å²) in [6.45, 7) is 3.78. The molecule has 0 unspecified atom stereocenters. The molecular formula is C19H16ClN3O4. The molecule has 1 aliphatic heterocycles. The van der Waals surface area contributed by atoms with Crippen molar-refractivity contribution in [1.82, 2.24) is 4.90 Å². The van der Waals surface area contributed by atoms with Gasteiger partial charge in [-0.1, -0.05) is 17.7 Å². The number of likely N-dealkylation sites (N-methyl/N-ethyl adjacent to an activating group) is 1. The summed E-state index contributed by atoms with van der Waals surface area (Å²) in [5.74, 6) is -0.899. The van der Waals surface area contributed by atoms with Gasteiger partial charge in [0.05, 0.1) is 10.5 Å². The van der Waals surface area contributed by atoms with Gasteiger partial charge in [-0.05, 0) is 49.2 Å². The van der Waals surface area contributed by atoms with Crippen LogP contribution in [-0.2, 0) is 9.59 Å². The molecular weight excluding hydrogens is 370 g/mol. The van der Waals surface area contributed by atoms with Gasteiger partial charge in [0, 0.05) is 29.4 Å². The topological polar surface area (TPSA) is 92.6 Å². The van der Waals surface area contributed by atoms with Crippen LogP contribution in [0.5, 0.6) is 0 Å². The molecule has 2 aromatic carbocycles. The maximum absolute atomic E-state index is 12.7. The van der Waals surface area contributed by atoms with Crippen LogP contribution in [0, 0.1) is 17.0 Å². The van der Waals surface area contributed by atoms with Crippen LogP contribution in [0.1, 0.15) is 18.1 Å². The molecule has 1 N–H and O–H groups in total. The zero-order valence-electron chi connectivity index (χ0n) is 14.7. The molecule has 3 rings (SSSR count). The molecule has 2 aromatic rings. The van der Waals surface area contributed by atoms with Gasteiger partial charge in [-0.15, -0.1) is 0 Å². The minimum Gasteiger partial charge on any atom is -0.350 e. The summed E-state index contributed by atoms with van der Waals surface area (Å²) in [6.07, 6.45) is 0. The molecule has 0 saturated carbocycles. The van der Waals surface area contributed by atoms with Crippen LogP contribution < -0.4 is 5.32 Å². The summed E-state index contributed by atoms with van der Waals surface area (Å²) in [7, 11) is 0. The molecule has 0 aromatic heterocycles. The van der Waals surface area contributed by atoms with Crippen LogP contribution in [0.25, 0.3) is 5.57 Å². The highest BCUT2D eigenvalue weighted by atomic mass is 35.5. The number of amides is 2. The average Bonchev–Trinajstić information content (AvgIpc) is 2.88. The lowest BCUT2D eigenvalue weighted by Gasteiger charge is -2.12. The van der Waals surface area contributed by atoms with Crippen molar-refractivity contribution >= 4 is 40.4 Å². The van der Waals surface area contributed by atoms with Gasteiger partial charge < -0.3 is 5.32 Å². The number of nitro groups is 1. The quantitative estimate of drug-likeness (QED) is 0.480. The summed E-state index contributed by atoms with van der Waals surface area (Å²) in [4.78, 5) is 36.9. The van der Waals surface area contributed by atoms with E-state index in [4.69, 9.17) is 11.6 Å². The monoisotopic (exact) mass is 385 g/mol. The number of carbonyl (C=O) groups is 2. The fourth-order valence-electron chi connectivity index (χ4n) is 2.81. The van der Waals surface area contributed by atoms with E-state index in [1.165, 1.54) is 24.3 Å². The first-order valence-electron chi connectivity index (χ1n) is 8.22. The van der Waals surface area contributed by atoms with Gasteiger partial charge in [0.1, 0.15) is 5.70 Å². The van der Waals surface area contributed by atoms with Gasteiger partial charge >= 0.3 is 0 Å². The van der Waals surface area contributed by atoms with E-state index in [2.05, 4.69) is 5.32 Å². The number of halogens is 1. The highest BCUT2D eigenvalue weighted by Gasteiger charge is 2.38. The Morgan fingerprint density at radius 1 is 1.11 bits per heavy atom. The first-order valence-corrected chi connectivity index (χ1v) is 8.59. The maximum Gasteiger partial charge on any atom is 0.278 e. The second kappa shape index (κ2) is 7.20. The lowest BCUT2D eigenvalue weighted by molar-refractivity contribution is -0.384. The Bertz CT molecular complexity index is 983. The van der Waals surface area contributed by atoms with E-state index in [0.29, 0.717) is 16.3 Å². The van der Waals surface area contributed by atoms with Crippen LogP contribution in [0.2, 0.25) is 5.02 Å². The zero-order valence-corrected chi connectivity index (χ0v) is 15.4. The van der Waals surface area contributed by atoms with Crippen molar-refractivity contribution in [2.75, 3.05) is 11.9 Å². The Kier molecular flexibility index (Phi) is 4.96. The molecule has 0 radical (unpaired) electrons. The van der Waals surface area contributed by atoms with Crippen molar-refractivity contribution in [1.29, 1.82) is 0 Å². The molecule has 138 valence electrons. The molecule has 2 amide bonds. The van der Waals surface area contributed by atoms with E-state index in [1.54, 1.807) is 25.1 Å². The van der Waals surface area contributed by atoms with Crippen molar-refractivity contribution in [3.8, 4) is 0 Å². The number of benzene rings is 2.